The van der Waals surface area contributed by atoms with Crippen LogP contribution in [0.15, 0.2) is 24.3 Å². The normalized spacial score (nSPS) is 11.6. The Kier molecular flexibility index (Phi) is 7.55. The molecule has 0 atom stereocenters. The zero-order valence-corrected chi connectivity index (χ0v) is 14.4. The van der Waals surface area contributed by atoms with Gasteiger partial charge < -0.3 is 5.32 Å². The second-order valence-corrected chi connectivity index (χ2v) is 7.87. The largest absolute Gasteiger partial charge is 0.326 e. The summed E-state index contributed by atoms with van der Waals surface area (Å²) in [5.74, 6) is -0.0417. The number of carbonyl (C=O) groups excluding carboxylic acids is 1. The summed E-state index contributed by atoms with van der Waals surface area (Å²) in [6, 6.07) is 7.79. The molecule has 0 aromatic heterocycles. The molecule has 5 nitrogen and oxygen atoms in total. The minimum atomic E-state index is -3.21. The number of benzene rings is 1. The topological polar surface area (TPSA) is 75.3 Å². The minimum absolute atomic E-state index is 0.0417. The SMILES string of the molecule is CCc1cccc(NC(=O)CCCCNS(=O)(=O)C(C)C)c1. The second-order valence-electron chi connectivity index (χ2n) is 5.55. The third kappa shape index (κ3) is 6.58. The molecule has 0 fully saturated rings. The summed E-state index contributed by atoms with van der Waals surface area (Å²) >= 11 is 0. The van der Waals surface area contributed by atoms with E-state index >= 15 is 0 Å². The van der Waals surface area contributed by atoms with Gasteiger partial charge in [-0.25, -0.2) is 13.1 Å². The highest BCUT2D eigenvalue weighted by atomic mass is 32.2. The van der Waals surface area contributed by atoms with E-state index in [2.05, 4.69) is 17.0 Å². The molecule has 0 spiro atoms. The maximum Gasteiger partial charge on any atom is 0.224 e. The molecule has 22 heavy (non-hydrogen) atoms. The van der Waals surface area contributed by atoms with Crippen LogP contribution < -0.4 is 10.0 Å². The number of nitrogens with one attached hydrogen (secondary N) is 2. The van der Waals surface area contributed by atoms with Gasteiger partial charge in [0.05, 0.1) is 5.25 Å². The fraction of sp³-hybridized carbons (Fsp3) is 0.562. The van der Waals surface area contributed by atoms with E-state index in [1.165, 1.54) is 5.56 Å². The Morgan fingerprint density at radius 1 is 1.23 bits per heavy atom. The van der Waals surface area contributed by atoms with Gasteiger partial charge in [-0.1, -0.05) is 19.1 Å². The van der Waals surface area contributed by atoms with Crippen LogP contribution in [0.2, 0.25) is 0 Å². The molecule has 1 aromatic carbocycles. The van der Waals surface area contributed by atoms with Crippen molar-refractivity contribution in [2.45, 2.75) is 51.7 Å². The molecular weight excluding hydrogens is 300 g/mol. The summed E-state index contributed by atoms with van der Waals surface area (Å²) in [5, 5.41) is 2.44. The number of hydrogen-bond donors (Lipinski definition) is 2. The predicted octanol–water partition coefficient (Wildman–Crippen LogP) is 2.69. The lowest BCUT2D eigenvalue weighted by molar-refractivity contribution is -0.116. The lowest BCUT2D eigenvalue weighted by atomic mass is 10.1. The lowest BCUT2D eigenvalue weighted by Gasteiger charge is -2.09. The molecule has 0 saturated carbocycles. The summed E-state index contributed by atoms with van der Waals surface area (Å²) in [4.78, 5) is 11.8. The first-order chi connectivity index (χ1) is 10.3. The maximum absolute atomic E-state index is 11.8. The van der Waals surface area contributed by atoms with Gasteiger partial charge >= 0.3 is 0 Å². The molecule has 0 radical (unpaired) electrons. The summed E-state index contributed by atoms with van der Waals surface area (Å²) in [7, 11) is -3.21. The molecule has 0 aliphatic rings. The Bertz CT molecular complexity index is 583. The van der Waals surface area contributed by atoms with Crippen LogP contribution in [0.1, 0.15) is 45.6 Å². The first-order valence-electron chi connectivity index (χ1n) is 7.72. The van der Waals surface area contributed by atoms with Crippen LogP contribution in [0.5, 0.6) is 0 Å². The highest BCUT2D eigenvalue weighted by molar-refractivity contribution is 7.90. The molecule has 1 aromatic rings. The van der Waals surface area contributed by atoms with Gasteiger partial charge in [0.15, 0.2) is 0 Å². The van der Waals surface area contributed by atoms with Crippen molar-refractivity contribution in [1.82, 2.24) is 4.72 Å². The molecule has 0 aliphatic carbocycles. The standard InChI is InChI=1S/C16H26N2O3S/c1-4-14-8-7-9-15(12-14)18-16(19)10-5-6-11-17-22(20,21)13(2)3/h7-9,12-13,17H,4-6,10-11H2,1-3H3,(H,18,19). The smallest absolute Gasteiger partial charge is 0.224 e. The van der Waals surface area contributed by atoms with Crippen molar-refractivity contribution < 1.29 is 13.2 Å². The summed E-state index contributed by atoms with van der Waals surface area (Å²) in [6.45, 7) is 5.72. The number of unbranched alkanes of at least 4 members (excludes halogenated alkanes) is 1. The molecule has 0 aliphatic heterocycles. The number of anilines is 1. The van der Waals surface area contributed by atoms with Crippen LogP contribution in [-0.2, 0) is 21.2 Å². The average molecular weight is 326 g/mol. The van der Waals surface area contributed by atoms with E-state index in [4.69, 9.17) is 0 Å². The fourth-order valence-corrected chi connectivity index (χ4v) is 2.65. The summed E-state index contributed by atoms with van der Waals surface area (Å²) in [5.41, 5.74) is 1.99. The van der Waals surface area contributed by atoms with Crippen LogP contribution in [0.25, 0.3) is 0 Å². The van der Waals surface area contributed by atoms with Gasteiger partial charge in [0.25, 0.3) is 0 Å². The zero-order valence-electron chi connectivity index (χ0n) is 13.6. The quantitative estimate of drug-likeness (QED) is 0.685. The third-order valence-electron chi connectivity index (χ3n) is 3.37. The molecule has 1 rings (SSSR count). The van der Waals surface area contributed by atoms with Crippen molar-refractivity contribution in [3.05, 3.63) is 29.8 Å². The molecule has 0 unspecified atom stereocenters. The van der Waals surface area contributed by atoms with E-state index in [1.807, 2.05) is 24.3 Å². The Hall–Kier alpha value is -1.40. The van der Waals surface area contributed by atoms with E-state index in [1.54, 1.807) is 13.8 Å². The summed E-state index contributed by atoms with van der Waals surface area (Å²) < 4.78 is 25.6. The van der Waals surface area contributed by atoms with E-state index < -0.39 is 15.3 Å². The Morgan fingerprint density at radius 2 is 1.95 bits per heavy atom. The summed E-state index contributed by atoms with van der Waals surface area (Å²) in [6.07, 6.45) is 2.62. The van der Waals surface area contributed by atoms with Gasteiger partial charge in [0.2, 0.25) is 15.9 Å². The Balaban J connectivity index is 2.26. The Labute approximate surface area is 133 Å². The minimum Gasteiger partial charge on any atom is -0.326 e. The second kappa shape index (κ2) is 8.90. The van der Waals surface area contributed by atoms with Crippen molar-refractivity contribution in [1.29, 1.82) is 0 Å². The van der Waals surface area contributed by atoms with E-state index in [9.17, 15) is 13.2 Å². The number of aryl methyl sites for hydroxylation is 1. The maximum atomic E-state index is 11.8. The van der Waals surface area contributed by atoms with Gasteiger partial charge in [0, 0.05) is 18.7 Å². The van der Waals surface area contributed by atoms with Crippen molar-refractivity contribution >= 4 is 21.6 Å². The van der Waals surface area contributed by atoms with Gasteiger partial charge in [0.1, 0.15) is 0 Å². The molecule has 1 amide bonds. The third-order valence-corrected chi connectivity index (χ3v) is 5.22. The van der Waals surface area contributed by atoms with Crippen molar-refractivity contribution in [2.24, 2.45) is 0 Å². The fourth-order valence-electron chi connectivity index (χ4n) is 1.88. The number of amides is 1. The predicted molar refractivity (Wildman–Crippen MR) is 90.4 cm³/mol. The zero-order chi connectivity index (χ0) is 16.6. The molecule has 124 valence electrons. The molecule has 0 heterocycles. The van der Waals surface area contributed by atoms with Crippen LogP contribution in [0.4, 0.5) is 5.69 Å². The van der Waals surface area contributed by atoms with Crippen molar-refractivity contribution in [3.63, 3.8) is 0 Å². The van der Waals surface area contributed by atoms with Crippen molar-refractivity contribution in [3.8, 4) is 0 Å². The first-order valence-corrected chi connectivity index (χ1v) is 9.27. The van der Waals surface area contributed by atoms with E-state index in [0.717, 1.165) is 12.1 Å². The Morgan fingerprint density at radius 3 is 2.59 bits per heavy atom. The number of rotatable bonds is 9. The van der Waals surface area contributed by atoms with Crippen LogP contribution in [0, 0.1) is 0 Å². The molecule has 6 heteroatoms. The number of hydrogen-bond acceptors (Lipinski definition) is 3. The molecule has 0 saturated heterocycles. The number of sulfonamides is 1. The first kappa shape index (κ1) is 18.6. The van der Waals surface area contributed by atoms with Gasteiger partial charge in [-0.3, -0.25) is 4.79 Å². The van der Waals surface area contributed by atoms with E-state index in [-0.39, 0.29) is 5.91 Å². The number of carbonyl (C=O) groups is 1. The van der Waals surface area contributed by atoms with Gasteiger partial charge in [-0.05, 0) is 50.8 Å². The van der Waals surface area contributed by atoms with Gasteiger partial charge in [-0.15, -0.1) is 0 Å². The van der Waals surface area contributed by atoms with Gasteiger partial charge in [-0.2, -0.15) is 0 Å². The highest BCUT2D eigenvalue weighted by Gasteiger charge is 2.14. The monoisotopic (exact) mass is 326 g/mol. The van der Waals surface area contributed by atoms with Crippen molar-refractivity contribution in [2.75, 3.05) is 11.9 Å². The molecule has 0 bridgehead atoms. The lowest BCUT2D eigenvalue weighted by Crippen LogP contribution is -2.31. The average Bonchev–Trinajstić information content (AvgIpc) is 2.46. The molecule has 2 N–H and O–H groups in total. The van der Waals surface area contributed by atoms with Crippen LogP contribution >= 0.6 is 0 Å². The van der Waals surface area contributed by atoms with E-state index in [0.29, 0.717) is 25.8 Å². The highest BCUT2D eigenvalue weighted by Crippen LogP contribution is 2.11. The van der Waals surface area contributed by atoms with Crippen LogP contribution in [0.3, 0.4) is 0 Å². The molecular formula is C16H26N2O3S. The van der Waals surface area contributed by atoms with Crippen LogP contribution in [-0.4, -0.2) is 26.1 Å².